The van der Waals surface area contributed by atoms with Gasteiger partial charge in [0.25, 0.3) is 0 Å². The molecule has 0 unspecified atom stereocenters. The first kappa shape index (κ1) is 30.6. The minimum atomic E-state index is -0.479. The van der Waals surface area contributed by atoms with Gasteiger partial charge in [0.2, 0.25) is 5.88 Å². The number of halogens is 1. The van der Waals surface area contributed by atoms with Crippen molar-refractivity contribution in [2.45, 2.75) is 64.2 Å². The largest absolute Gasteiger partial charge is 0.473 e. The number of pyridine rings is 1. The fourth-order valence-electron chi connectivity index (χ4n) is 5.88. The first-order chi connectivity index (χ1) is 22.0. The van der Waals surface area contributed by atoms with E-state index in [0.717, 1.165) is 67.9 Å². The maximum Gasteiger partial charge on any atom is 0.337 e. The van der Waals surface area contributed by atoms with Gasteiger partial charge < -0.3 is 23.5 Å². The van der Waals surface area contributed by atoms with Crippen molar-refractivity contribution < 1.29 is 28.1 Å². The standard InChI is InChI=1S/C34H36FN5O5/c1-42-34(41)24-9-10-30-31(17-24)40(19-28-5-3-15-43-28)32(38-30)20-39-13-11-27(12-14-39)44-22-26-4-2-6-33(37-26)45-21-25-8-7-23(18-36)16-29(25)35/h2,4,6-10,16-17,27-28H,3,5,11-15,19-22H2,1H3/t28-/m0/s1. The molecule has 2 aliphatic heterocycles. The van der Waals surface area contributed by atoms with Crippen LogP contribution in [0.4, 0.5) is 4.39 Å². The molecule has 0 saturated carbocycles. The van der Waals surface area contributed by atoms with Gasteiger partial charge in [-0.15, -0.1) is 0 Å². The number of hydrogen-bond acceptors (Lipinski definition) is 9. The molecule has 10 nitrogen and oxygen atoms in total. The summed E-state index contributed by atoms with van der Waals surface area (Å²) in [5.74, 6) is 0.508. The van der Waals surface area contributed by atoms with Crippen molar-refractivity contribution in [3.05, 3.63) is 88.6 Å². The molecule has 234 valence electrons. The number of carbonyl (C=O) groups is 1. The number of rotatable bonds is 11. The van der Waals surface area contributed by atoms with Crippen LogP contribution < -0.4 is 4.74 Å². The highest BCUT2D eigenvalue weighted by Crippen LogP contribution is 2.25. The minimum Gasteiger partial charge on any atom is -0.473 e. The Labute approximate surface area is 261 Å². The first-order valence-electron chi connectivity index (χ1n) is 15.3. The van der Waals surface area contributed by atoms with E-state index in [-0.39, 0.29) is 30.3 Å². The average molecular weight is 614 g/mol. The molecule has 2 aliphatic rings. The second kappa shape index (κ2) is 14.2. The SMILES string of the molecule is COC(=O)c1ccc2nc(CN3CCC(OCc4cccc(OCc5ccc(C#N)cc5F)n4)CC3)n(C[C@@H]3CCCO3)c2c1. The molecule has 45 heavy (non-hydrogen) atoms. The summed E-state index contributed by atoms with van der Waals surface area (Å²) in [5, 5.41) is 8.92. The maximum atomic E-state index is 14.2. The van der Waals surface area contributed by atoms with E-state index >= 15 is 0 Å². The summed E-state index contributed by atoms with van der Waals surface area (Å²) in [7, 11) is 1.39. The number of ether oxygens (including phenoxy) is 4. The van der Waals surface area contributed by atoms with Crippen LogP contribution >= 0.6 is 0 Å². The van der Waals surface area contributed by atoms with Crippen LogP contribution in [0.25, 0.3) is 11.0 Å². The molecule has 0 radical (unpaired) electrons. The summed E-state index contributed by atoms with van der Waals surface area (Å²) in [5.41, 5.74) is 3.65. The molecular weight excluding hydrogens is 577 g/mol. The van der Waals surface area contributed by atoms with E-state index in [1.165, 1.54) is 13.2 Å². The molecule has 11 heteroatoms. The smallest absolute Gasteiger partial charge is 0.337 e. The van der Waals surface area contributed by atoms with E-state index in [1.54, 1.807) is 24.3 Å². The number of fused-ring (bicyclic) bond motifs is 1. The monoisotopic (exact) mass is 613 g/mol. The van der Waals surface area contributed by atoms with Crippen LogP contribution in [0.1, 0.15) is 58.7 Å². The predicted octanol–water partition coefficient (Wildman–Crippen LogP) is 5.17. The average Bonchev–Trinajstić information content (AvgIpc) is 3.71. The Morgan fingerprint density at radius 2 is 1.96 bits per heavy atom. The molecule has 4 aromatic rings. The predicted molar refractivity (Wildman–Crippen MR) is 163 cm³/mol. The van der Waals surface area contributed by atoms with E-state index in [1.807, 2.05) is 30.3 Å². The number of likely N-dealkylation sites (tertiary alicyclic amines) is 1. The molecule has 0 spiro atoms. The highest BCUT2D eigenvalue weighted by Gasteiger charge is 2.25. The zero-order chi connectivity index (χ0) is 31.2. The van der Waals surface area contributed by atoms with Gasteiger partial charge in [-0.2, -0.15) is 5.26 Å². The molecule has 1 atom stereocenters. The number of piperidine rings is 1. The molecule has 2 saturated heterocycles. The number of methoxy groups -OCH3 is 1. The Morgan fingerprint density at radius 3 is 2.71 bits per heavy atom. The number of imidazole rings is 1. The van der Waals surface area contributed by atoms with Gasteiger partial charge in [-0.25, -0.2) is 19.2 Å². The third-order valence-corrected chi connectivity index (χ3v) is 8.36. The number of nitriles is 1. The van der Waals surface area contributed by atoms with Crippen LogP contribution in [0.5, 0.6) is 5.88 Å². The Hall–Kier alpha value is -4.37. The van der Waals surface area contributed by atoms with Crippen molar-refractivity contribution in [2.75, 3.05) is 26.8 Å². The molecule has 0 N–H and O–H groups in total. The summed E-state index contributed by atoms with van der Waals surface area (Å²) >= 11 is 0. The lowest BCUT2D eigenvalue weighted by atomic mass is 10.1. The second-order valence-electron chi connectivity index (χ2n) is 11.4. The van der Waals surface area contributed by atoms with Crippen molar-refractivity contribution in [2.24, 2.45) is 0 Å². The summed E-state index contributed by atoms with van der Waals surface area (Å²) in [4.78, 5) is 24.1. The molecular formula is C34H36FN5O5. The van der Waals surface area contributed by atoms with Gasteiger partial charge in [0, 0.05) is 31.3 Å². The van der Waals surface area contributed by atoms with Crippen LogP contribution in [-0.4, -0.2) is 64.4 Å². The van der Waals surface area contributed by atoms with Gasteiger partial charge in [0.05, 0.1) is 72.9 Å². The number of nitrogens with zero attached hydrogens (tertiary/aromatic N) is 5. The highest BCUT2D eigenvalue weighted by atomic mass is 19.1. The van der Waals surface area contributed by atoms with Crippen molar-refractivity contribution in [3.8, 4) is 11.9 Å². The number of esters is 1. The fourth-order valence-corrected chi connectivity index (χ4v) is 5.88. The topological polar surface area (TPSA) is 112 Å². The Kier molecular flexibility index (Phi) is 9.64. The molecule has 0 amide bonds. The van der Waals surface area contributed by atoms with Gasteiger partial charge in [-0.1, -0.05) is 12.1 Å². The molecule has 0 bridgehead atoms. The molecule has 0 aliphatic carbocycles. The van der Waals surface area contributed by atoms with E-state index in [2.05, 4.69) is 14.5 Å². The normalized spacial score (nSPS) is 17.4. The Balaban J connectivity index is 1.03. The zero-order valence-electron chi connectivity index (χ0n) is 25.3. The minimum absolute atomic E-state index is 0.0151. The van der Waals surface area contributed by atoms with Crippen molar-refractivity contribution >= 4 is 17.0 Å². The van der Waals surface area contributed by atoms with E-state index in [0.29, 0.717) is 36.7 Å². The van der Waals surface area contributed by atoms with Crippen LogP contribution in [-0.2, 0) is 40.5 Å². The van der Waals surface area contributed by atoms with Crippen LogP contribution in [0, 0.1) is 17.1 Å². The second-order valence-corrected chi connectivity index (χ2v) is 11.4. The molecule has 2 aromatic carbocycles. The molecule has 4 heterocycles. The lowest BCUT2D eigenvalue weighted by Crippen LogP contribution is -2.37. The van der Waals surface area contributed by atoms with Crippen molar-refractivity contribution in [1.29, 1.82) is 5.26 Å². The van der Waals surface area contributed by atoms with Crippen molar-refractivity contribution in [1.82, 2.24) is 19.4 Å². The van der Waals surface area contributed by atoms with Crippen LogP contribution in [0.15, 0.2) is 54.6 Å². The van der Waals surface area contributed by atoms with Crippen LogP contribution in [0.3, 0.4) is 0 Å². The third kappa shape index (κ3) is 7.48. The quantitative estimate of drug-likeness (QED) is 0.212. The Morgan fingerprint density at radius 1 is 1.09 bits per heavy atom. The first-order valence-corrected chi connectivity index (χ1v) is 15.3. The van der Waals surface area contributed by atoms with Gasteiger partial charge in [-0.05, 0) is 62.1 Å². The lowest BCUT2D eigenvalue weighted by Gasteiger charge is -2.31. The number of benzene rings is 2. The van der Waals surface area contributed by atoms with E-state index in [9.17, 15) is 9.18 Å². The molecule has 6 rings (SSSR count). The van der Waals surface area contributed by atoms with Gasteiger partial charge in [-0.3, -0.25) is 4.90 Å². The summed E-state index contributed by atoms with van der Waals surface area (Å²) in [6.45, 7) is 4.28. The fraction of sp³-hybridized carbons (Fsp3) is 0.412. The number of carbonyl (C=O) groups excluding carboxylic acids is 1. The van der Waals surface area contributed by atoms with Gasteiger partial charge in [0.1, 0.15) is 18.2 Å². The van der Waals surface area contributed by atoms with Gasteiger partial charge >= 0.3 is 5.97 Å². The summed E-state index contributed by atoms with van der Waals surface area (Å²) < 4.78 is 39.2. The zero-order valence-corrected chi connectivity index (χ0v) is 25.3. The summed E-state index contributed by atoms with van der Waals surface area (Å²) in [6.07, 6.45) is 4.07. The molecule has 2 fully saturated rings. The molecule has 2 aromatic heterocycles. The van der Waals surface area contributed by atoms with Gasteiger partial charge in [0.15, 0.2) is 0 Å². The summed E-state index contributed by atoms with van der Waals surface area (Å²) in [6, 6.07) is 17.2. The van der Waals surface area contributed by atoms with E-state index in [4.69, 9.17) is 29.2 Å². The lowest BCUT2D eigenvalue weighted by molar-refractivity contribution is -0.00608. The number of hydrogen-bond donors (Lipinski definition) is 0. The number of aromatic nitrogens is 3. The van der Waals surface area contributed by atoms with Crippen molar-refractivity contribution in [3.63, 3.8) is 0 Å². The third-order valence-electron chi connectivity index (χ3n) is 8.36. The highest BCUT2D eigenvalue weighted by molar-refractivity contribution is 5.93. The maximum absolute atomic E-state index is 14.2. The Bertz CT molecular complexity index is 1690. The van der Waals surface area contributed by atoms with Crippen LogP contribution in [0.2, 0.25) is 0 Å². The van der Waals surface area contributed by atoms with E-state index < -0.39 is 5.82 Å².